The maximum Gasteiger partial charge on any atom is 0.335 e. The first-order chi connectivity index (χ1) is 16.2. The number of anilines is 2. The molecule has 0 bridgehead atoms. The third kappa shape index (κ3) is 5.59. The molecule has 0 saturated carbocycles. The summed E-state index contributed by atoms with van der Waals surface area (Å²) < 4.78 is 28.9. The molecule has 9 heteroatoms. The van der Waals surface area contributed by atoms with Crippen LogP contribution in [0.15, 0.2) is 47.4 Å². The highest BCUT2D eigenvalue weighted by atomic mass is 32.2. The predicted octanol–water partition coefficient (Wildman–Crippen LogP) is 3.70. The Morgan fingerprint density at radius 3 is 2.32 bits per heavy atom. The number of likely N-dealkylation sites (tertiary alicyclic amines) is 1. The van der Waals surface area contributed by atoms with Crippen LogP contribution in [0.3, 0.4) is 0 Å². The smallest absolute Gasteiger partial charge is 0.335 e. The summed E-state index contributed by atoms with van der Waals surface area (Å²) in [4.78, 5) is 27.8. The number of carboxylic acid groups (broad SMARTS) is 1. The lowest BCUT2D eigenvalue weighted by atomic mass is 9.96. The first-order valence-electron chi connectivity index (χ1n) is 11.7. The van der Waals surface area contributed by atoms with Crippen molar-refractivity contribution in [3.63, 3.8) is 0 Å². The van der Waals surface area contributed by atoms with Gasteiger partial charge in [-0.1, -0.05) is 12.1 Å². The first kappa shape index (κ1) is 24.2. The molecular weight excluding hydrogens is 454 g/mol. The molecule has 0 radical (unpaired) electrons. The average Bonchev–Trinajstić information content (AvgIpc) is 3.32. The molecule has 2 fully saturated rings. The number of Topliss-reactive ketones (excluding diaryl/α,β-unsaturated/α-hetero) is 1. The fourth-order valence-electron chi connectivity index (χ4n) is 4.86. The average molecular weight is 486 g/mol. The van der Waals surface area contributed by atoms with E-state index in [1.165, 1.54) is 56.2 Å². The number of rotatable bonds is 8. The summed E-state index contributed by atoms with van der Waals surface area (Å²) in [5, 5.41) is 9.48. The van der Waals surface area contributed by atoms with Gasteiger partial charge in [0.25, 0.3) is 10.0 Å². The molecule has 182 valence electrons. The highest BCUT2D eigenvalue weighted by Crippen LogP contribution is 2.33. The maximum atomic E-state index is 13.1. The fourth-order valence-corrected chi connectivity index (χ4v) is 5.93. The molecule has 34 heavy (non-hydrogen) atoms. The van der Waals surface area contributed by atoms with E-state index in [1.807, 2.05) is 0 Å². The topological polar surface area (TPSA) is 107 Å². The number of ketones is 1. The molecule has 2 heterocycles. The normalized spacial score (nSPS) is 19.2. The van der Waals surface area contributed by atoms with E-state index in [1.54, 1.807) is 6.07 Å². The summed E-state index contributed by atoms with van der Waals surface area (Å²) in [7, 11) is -3.98. The molecule has 1 unspecified atom stereocenters. The fraction of sp³-hybridized carbons (Fsp3) is 0.440. The molecule has 0 aliphatic carbocycles. The summed E-state index contributed by atoms with van der Waals surface area (Å²) in [6.45, 7) is 6.30. The molecule has 4 rings (SSSR count). The van der Waals surface area contributed by atoms with Gasteiger partial charge in [-0.3, -0.25) is 9.52 Å². The van der Waals surface area contributed by atoms with Crippen molar-refractivity contribution in [3.05, 3.63) is 53.6 Å². The van der Waals surface area contributed by atoms with E-state index < -0.39 is 16.0 Å². The zero-order valence-electron chi connectivity index (χ0n) is 19.4. The molecule has 2 aliphatic heterocycles. The number of nitrogens with one attached hydrogen (secondary N) is 1. The second kappa shape index (κ2) is 10.1. The number of carbonyl (C=O) groups is 2. The lowest BCUT2D eigenvalue weighted by Crippen LogP contribution is -2.40. The SMILES string of the molecule is CC(=O)c1ccc(S(=O)(=O)Nc2cc(C(=O)O)ccc2N2CCCC(CN3CCCC3)C2)cc1. The number of piperidine rings is 1. The zero-order valence-corrected chi connectivity index (χ0v) is 20.2. The first-order valence-corrected chi connectivity index (χ1v) is 13.2. The summed E-state index contributed by atoms with van der Waals surface area (Å²) in [6, 6.07) is 10.3. The van der Waals surface area contributed by atoms with Crippen LogP contribution in [0.4, 0.5) is 11.4 Å². The van der Waals surface area contributed by atoms with Crippen LogP contribution >= 0.6 is 0 Å². The number of aromatic carboxylic acids is 1. The van der Waals surface area contributed by atoms with Crippen LogP contribution in [0.25, 0.3) is 0 Å². The molecular formula is C25H31N3O5S. The van der Waals surface area contributed by atoms with E-state index in [-0.39, 0.29) is 21.9 Å². The Hall–Kier alpha value is -2.91. The van der Waals surface area contributed by atoms with E-state index >= 15 is 0 Å². The minimum absolute atomic E-state index is 0.00901. The van der Waals surface area contributed by atoms with Crippen molar-refractivity contribution in [1.29, 1.82) is 0 Å². The van der Waals surface area contributed by atoms with Crippen molar-refractivity contribution in [2.75, 3.05) is 42.3 Å². The molecule has 2 aromatic rings. The Kier molecular flexibility index (Phi) is 7.23. The second-order valence-corrected chi connectivity index (χ2v) is 10.9. The Morgan fingerprint density at radius 2 is 1.68 bits per heavy atom. The van der Waals surface area contributed by atoms with E-state index in [0.717, 1.165) is 45.6 Å². The van der Waals surface area contributed by atoms with Crippen molar-refractivity contribution in [2.24, 2.45) is 5.92 Å². The van der Waals surface area contributed by atoms with Gasteiger partial charge in [0.15, 0.2) is 5.78 Å². The van der Waals surface area contributed by atoms with Crippen LogP contribution in [0.2, 0.25) is 0 Å². The third-order valence-electron chi connectivity index (χ3n) is 6.63. The maximum absolute atomic E-state index is 13.1. The van der Waals surface area contributed by atoms with Crippen molar-refractivity contribution in [1.82, 2.24) is 4.90 Å². The molecule has 0 spiro atoms. The number of hydrogen-bond donors (Lipinski definition) is 2. The molecule has 2 N–H and O–H groups in total. The van der Waals surface area contributed by atoms with Crippen molar-refractivity contribution in [3.8, 4) is 0 Å². The predicted molar refractivity (Wildman–Crippen MR) is 131 cm³/mol. The van der Waals surface area contributed by atoms with E-state index in [0.29, 0.717) is 17.2 Å². The van der Waals surface area contributed by atoms with Crippen molar-refractivity contribution < 1.29 is 23.1 Å². The van der Waals surface area contributed by atoms with Gasteiger partial charge in [0.1, 0.15) is 0 Å². The molecule has 0 amide bonds. The van der Waals surface area contributed by atoms with Gasteiger partial charge in [0, 0.05) is 25.2 Å². The van der Waals surface area contributed by atoms with Crippen LogP contribution in [0, 0.1) is 5.92 Å². The number of hydrogen-bond acceptors (Lipinski definition) is 6. The van der Waals surface area contributed by atoms with Gasteiger partial charge in [-0.25, -0.2) is 13.2 Å². The lowest BCUT2D eigenvalue weighted by molar-refractivity contribution is 0.0696. The van der Waals surface area contributed by atoms with Gasteiger partial charge in [-0.15, -0.1) is 0 Å². The Morgan fingerprint density at radius 1 is 1.00 bits per heavy atom. The van der Waals surface area contributed by atoms with Crippen LogP contribution < -0.4 is 9.62 Å². The Bertz CT molecular complexity index is 1160. The molecule has 8 nitrogen and oxygen atoms in total. The summed E-state index contributed by atoms with van der Waals surface area (Å²) >= 11 is 0. The van der Waals surface area contributed by atoms with Gasteiger partial charge in [0.05, 0.1) is 21.8 Å². The van der Waals surface area contributed by atoms with Crippen LogP contribution in [-0.4, -0.2) is 62.9 Å². The standard InChI is InChI=1S/C25H31N3O5S/c1-18(29)20-6-9-22(10-7-20)34(32,33)26-23-15-21(25(30)31)8-11-24(23)28-14-4-5-19(17-28)16-27-12-2-3-13-27/h6-11,15,19,26H,2-5,12-14,16-17H2,1H3,(H,30,31). The number of nitrogens with zero attached hydrogens (tertiary/aromatic N) is 2. The van der Waals surface area contributed by atoms with Gasteiger partial charge in [-0.05, 0) is 81.9 Å². The van der Waals surface area contributed by atoms with E-state index in [9.17, 15) is 23.1 Å². The Labute approximate surface area is 200 Å². The van der Waals surface area contributed by atoms with Crippen molar-refractivity contribution in [2.45, 2.75) is 37.5 Å². The minimum Gasteiger partial charge on any atom is -0.478 e. The highest BCUT2D eigenvalue weighted by Gasteiger charge is 2.26. The molecule has 0 aromatic heterocycles. The zero-order chi connectivity index (χ0) is 24.3. The monoisotopic (exact) mass is 485 g/mol. The summed E-state index contributed by atoms with van der Waals surface area (Å²) in [5.41, 5.74) is 1.36. The van der Waals surface area contributed by atoms with Gasteiger partial charge < -0.3 is 14.9 Å². The quantitative estimate of drug-likeness (QED) is 0.549. The Balaban J connectivity index is 1.60. The molecule has 2 aromatic carbocycles. The minimum atomic E-state index is -3.98. The summed E-state index contributed by atoms with van der Waals surface area (Å²) in [6.07, 6.45) is 4.61. The van der Waals surface area contributed by atoms with E-state index in [4.69, 9.17) is 0 Å². The van der Waals surface area contributed by atoms with Crippen LogP contribution in [0.5, 0.6) is 0 Å². The van der Waals surface area contributed by atoms with Gasteiger partial charge >= 0.3 is 5.97 Å². The van der Waals surface area contributed by atoms with E-state index in [2.05, 4.69) is 14.5 Å². The van der Waals surface area contributed by atoms with Gasteiger partial charge in [0.2, 0.25) is 0 Å². The van der Waals surface area contributed by atoms with Gasteiger partial charge in [-0.2, -0.15) is 0 Å². The number of benzene rings is 2. The van der Waals surface area contributed by atoms with Crippen LogP contribution in [0.1, 0.15) is 53.3 Å². The van der Waals surface area contributed by atoms with Crippen molar-refractivity contribution >= 4 is 33.2 Å². The number of sulfonamides is 1. The highest BCUT2D eigenvalue weighted by molar-refractivity contribution is 7.92. The largest absolute Gasteiger partial charge is 0.478 e. The molecule has 1 atom stereocenters. The summed E-state index contributed by atoms with van der Waals surface area (Å²) in [5.74, 6) is -0.792. The van der Waals surface area contributed by atoms with Crippen LogP contribution in [-0.2, 0) is 10.0 Å². The second-order valence-electron chi connectivity index (χ2n) is 9.19. The molecule has 2 saturated heterocycles. The molecule has 2 aliphatic rings. The lowest BCUT2D eigenvalue weighted by Gasteiger charge is -2.37. The number of carboxylic acids is 1. The number of carbonyl (C=O) groups excluding carboxylic acids is 1. The third-order valence-corrected chi connectivity index (χ3v) is 8.02.